The Balaban J connectivity index is 1.61. The summed E-state index contributed by atoms with van der Waals surface area (Å²) in [6, 6.07) is 15.7. The molecule has 4 nitrogen and oxygen atoms in total. The average molecular weight is 289 g/mol. The van der Waals surface area contributed by atoms with Gasteiger partial charge in [-0.05, 0) is 30.2 Å². The second kappa shape index (κ2) is 5.15. The summed E-state index contributed by atoms with van der Waals surface area (Å²) in [6.07, 6.45) is 4.43. The fourth-order valence-corrected chi connectivity index (χ4v) is 2.90. The lowest BCUT2D eigenvalue weighted by Gasteiger charge is -2.17. The van der Waals surface area contributed by atoms with Crippen LogP contribution in [0.4, 0.5) is 5.69 Å². The van der Waals surface area contributed by atoms with Crippen molar-refractivity contribution in [2.24, 2.45) is 0 Å². The highest BCUT2D eigenvalue weighted by Crippen LogP contribution is 2.29. The van der Waals surface area contributed by atoms with Crippen LogP contribution in [-0.4, -0.2) is 22.4 Å². The number of hydrogen-bond donors (Lipinski definition) is 1. The third-order valence-electron chi connectivity index (χ3n) is 4.04. The second-order valence-corrected chi connectivity index (χ2v) is 5.35. The first kappa shape index (κ1) is 12.8. The van der Waals surface area contributed by atoms with Crippen LogP contribution in [0.5, 0.6) is 0 Å². The largest absolute Gasteiger partial charge is 0.345 e. The number of hydrogen-bond acceptors (Lipinski definition) is 2. The van der Waals surface area contributed by atoms with Crippen LogP contribution >= 0.6 is 0 Å². The maximum Gasteiger partial charge on any atom is 0.258 e. The molecule has 1 aromatic heterocycles. The summed E-state index contributed by atoms with van der Waals surface area (Å²) < 4.78 is 0. The normalized spacial score (nSPS) is 13.2. The van der Waals surface area contributed by atoms with Gasteiger partial charge in [-0.25, -0.2) is 4.98 Å². The first-order valence-electron chi connectivity index (χ1n) is 7.32. The maximum atomic E-state index is 12.7. The van der Waals surface area contributed by atoms with Crippen LogP contribution in [0, 0.1) is 0 Å². The highest BCUT2D eigenvalue weighted by molar-refractivity contribution is 6.07. The van der Waals surface area contributed by atoms with Gasteiger partial charge >= 0.3 is 0 Å². The number of aromatic nitrogens is 2. The van der Waals surface area contributed by atoms with Gasteiger partial charge in [0.2, 0.25) is 0 Å². The molecule has 108 valence electrons. The van der Waals surface area contributed by atoms with Crippen LogP contribution < -0.4 is 4.90 Å². The number of benzene rings is 2. The second-order valence-electron chi connectivity index (χ2n) is 5.35. The van der Waals surface area contributed by atoms with E-state index in [1.807, 2.05) is 47.4 Å². The molecule has 1 aliphatic heterocycles. The minimum Gasteiger partial charge on any atom is -0.345 e. The minimum absolute atomic E-state index is 0.0518. The molecule has 4 rings (SSSR count). The van der Waals surface area contributed by atoms with Gasteiger partial charge < -0.3 is 9.88 Å². The molecule has 0 aliphatic carbocycles. The molecule has 0 saturated heterocycles. The molecule has 2 aromatic carbocycles. The molecule has 0 unspecified atom stereocenters. The van der Waals surface area contributed by atoms with Gasteiger partial charge in [0.15, 0.2) is 0 Å². The van der Waals surface area contributed by atoms with Crippen LogP contribution in [-0.2, 0) is 6.42 Å². The number of fused-ring (bicyclic) bond motifs is 1. The Morgan fingerprint density at radius 1 is 1.09 bits per heavy atom. The summed E-state index contributed by atoms with van der Waals surface area (Å²) in [4.78, 5) is 21.8. The summed E-state index contributed by atoms with van der Waals surface area (Å²) in [6.45, 7) is 0.748. The number of para-hydroxylation sites is 1. The highest BCUT2D eigenvalue weighted by Gasteiger charge is 2.24. The molecule has 0 atom stereocenters. The third-order valence-corrected chi connectivity index (χ3v) is 4.04. The lowest BCUT2D eigenvalue weighted by Crippen LogP contribution is -2.28. The number of aromatic amines is 1. The van der Waals surface area contributed by atoms with Gasteiger partial charge in [-0.15, -0.1) is 0 Å². The molecule has 0 radical (unpaired) electrons. The number of amides is 1. The van der Waals surface area contributed by atoms with Crippen molar-refractivity contribution in [2.45, 2.75) is 6.42 Å². The van der Waals surface area contributed by atoms with Crippen LogP contribution in [0.3, 0.4) is 0 Å². The highest BCUT2D eigenvalue weighted by atomic mass is 16.2. The van der Waals surface area contributed by atoms with Crippen molar-refractivity contribution in [3.63, 3.8) is 0 Å². The van der Waals surface area contributed by atoms with E-state index < -0.39 is 0 Å². The number of H-pyrrole nitrogens is 1. The van der Waals surface area contributed by atoms with Crippen molar-refractivity contribution in [3.05, 3.63) is 72.1 Å². The molecule has 3 aromatic rings. The van der Waals surface area contributed by atoms with Crippen molar-refractivity contribution in [1.82, 2.24) is 9.97 Å². The lowest BCUT2D eigenvalue weighted by atomic mass is 10.1. The van der Waals surface area contributed by atoms with Crippen molar-refractivity contribution in [1.29, 1.82) is 0 Å². The summed E-state index contributed by atoms with van der Waals surface area (Å²) in [7, 11) is 0. The first-order valence-corrected chi connectivity index (χ1v) is 7.32. The minimum atomic E-state index is 0.0518. The summed E-state index contributed by atoms with van der Waals surface area (Å²) in [5.41, 5.74) is 3.95. The molecule has 4 heteroatoms. The topological polar surface area (TPSA) is 49.0 Å². The molecule has 0 saturated carbocycles. The van der Waals surface area contributed by atoms with Gasteiger partial charge in [-0.2, -0.15) is 0 Å². The zero-order chi connectivity index (χ0) is 14.9. The Bertz CT molecular complexity index is 807. The van der Waals surface area contributed by atoms with Gasteiger partial charge in [0.1, 0.15) is 5.82 Å². The van der Waals surface area contributed by atoms with E-state index in [2.05, 4.69) is 16.0 Å². The van der Waals surface area contributed by atoms with Crippen molar-refractivity contribution >= 4 is 11.6 Å². The molecule has 0 spiro atoms. The van der Waals surface area contributed by atoms with E-state index in [0.717, 1.165) is 30.0 Å². The number of carbonyl (C=O) groups is 1. The van der Waals surface area contributed by atoms with Gasteiger partial charge in [-0.3, -0.25) is 4.79 Å². The standard InChI is InChI=1S/C18H15N3O/c22-18(21-12-9-13-3-1-2-4-16(13)21)15-7-5-14(6-8-15)17-19-10-11-20-17/h1-8,10-11H,9,12H2,(H,19,20). The van der Waals surface area contributed by atoms with E-state index in [0.29, 0.717) is 5.56 Å². The molecule has 1 aliphatic rings. The number of carbonyl (C=O) groups excluding carboxylic acids is 1. The van der Waals surface area contributed by atoms with E-state index in [1.165, 1.54) is 5.56 Å². The molecule has 2 heterocycles. The number of rotatable bonds is 2. The molecule has 1 N–H and O–H groups in total. The van der Waals surface area contributed by atoms with Crippen molar-refractivity contribution in [3.8, 4) is 11.4 Å². The monoisotopic (exact) mass is 289 g/mol. The van der Waals surface area contributed by atoms with Crippen LogP contribution in [0.15, 0.2) is 60.9 Å². The van der Waals surface area contributed by atoms with Gasteiger partial charge in [0.05, 0.1) is 0 Å². The number of nitrogens with zero attached hydrogens (tertiary/aromatic N) is 2. The van der Waals surface area contributed by atoms with Crippen LogP contribution in [0.25, 0.3) is 11.4 Å². The molecule has 0 fully saturated rings. The lowest BCUT2D eigenvalue weighted by molar-refractivity contribution is 0.0989. The van der Waals surface area contributed by atoms with Gasteiger partial charge in [0.25, 0.3) is 5.91 Å². The Hall–Kier alpha value is -2.88. The maximum absolute atomic E-state index is 12.7. The number of nitrogens with one attached hydrogen (secondary N) is 1. The van der Waals surface area contributed by atoms with Gasteiger partial charge in [0, 0.05) is 35.8 Å². The Labute approximate surface area is 128 Å². The van der Waals surface area contributed by atoms with E-state index in [-0.39, 0.29) is 5.91 Å². The Kier molecular flexibility index (Phi) is 3.00. The van der Waals surface area contributed by atoms with Gasteiger partial charge in [-0.1, -0.05) is 30.3 Å². The van der Waals surface area contributed by atoms with Crippen LogP contribution in [0.1, 0.15) is 15.9 Å². The van der Waals surface area contributed by atoms with Crippen LogP contribution in [0.2, 0.25) is 0 Å². The van der Waals surface area contributed by atoms with E-state index in [1.54, 1.807) is 12.4 Å². The van der Waals surface area contributed by atoms with Crippen molar-refractivity contribution in [2.75, 3.05) is 11.4 Å². The third kappa shape index (κ3) is 2.09. The first-order chi connectivity index (χ1) is 10.8. The zero-order valence-corrected chi connectivity index (χ0v) is 12.0. The quantitative estimate of drug-likeness (QED) is 0.787. The molecule has 1 amide bonds. The van der Waals surface area contributed by atoms with E-state index in [9.17, 15) is 4.79 Å². The SMILES string of the molecule is O=C(c1ccc(-c2ncc[nH]2)cc1)N1CCc2ccccc21. The smallest absolute Gasteiger partial charge is 0.258 e. The fourth-order valence-electron chi connectivity index (χ4n) is 2.90. The van der Waals surface area contributed by atoms with E-state index >= 15 is 0 Å². The Morgan fingerprint density at radius 2 is 1.91 bits per heavy atom. The van der Waals surface area contributed by atoms with Crippen molar-refractivity contribution < 1.29 is 4.79 Å². The molecular formula is C18H15N3O. The Morgan fingerprint density at radius 3 is 2.68 bits per heavy atom. The number of imidazole rings is 1. The molecule has 22 heavy (non-hydrogen) atoms. The van der Waals surface area contributed by atoms with E-state index in [4.69, 9.17) is 0 Å². The summed E-state index contributed by atoms with van der Waals surface area (Å²) in [5.74, 6) is 0.862. The summed E-state index contributed by atoms with van der Waals surface area (Å²) >= 11 is 0. The fraction of sp³-hybridized carbons (Fsp3) is 0.111. The summed E-state index contributed by atoms with van der Waals surface area (Å²) in [5, 5.41) is 0. The number of anilines is 1. The zero-order valence-electron chi connectivity index (χ0n) is 12.0. The predicted molar refractivity (Wildman–Crippen MR) is 85.8 cm³/mol. The molecule has 0 bridgehead atoms. The predicted octanol–water partition coefficient (Wildman–Crippen LogP) is 3.28. The molecular weight excluding hydrogens is 274 g/mol. The average Bonchev–Trinajstić information content (AvgIpc) is 3.24.